The summed E-state index contributed by atoms with van der Waals surface area (Å²) in [6, 6.07) is 6.21. The Bertz CT molecular complexity index is 526. The molecule has 1 aromatic carbocycles. The maximum Gasteiger partial charge on any atom is 1.00 e. The summed E-state index contributed by atoms with van der Waals surface area (Å²) in [7, 11) is 0. The molecule has 0 aliphatic heterocycles. The van der Waals surface area contributed by atoms with Gasteiger partial charge in [-0.05, 0) is 43.4 Å². The van der Waals surface area contributed by atoms with E-state index in [1.54, 1.807) is 0 Å². The van der Waals surface area contributed by atoms with Gasteiger partial charge in [0.15, 0.2) is 0 Å². The van der Waals surface area contributed by atoms with Gasteiger partial charge < -0.3 is 25.3 Å². The van der Waals surface area contributed by atoms with Gasteiger partial charge in [0, 0.05) is 6.54 Å². The molecular formula is C17H25KN2O4S. The van der Waals surface area contributed by atoms with Crippen LogP contribution < -0.4 is 67.1 Å². The number of urea groups is 1. The Morgan fingerprint density at radius 1 is 1.20 bits per heavy atom. The van der Waals surface area contributed by atoms with Crippen LogP contribution in [0.25, 0.3) is 0 Å². The molecule has 1 aromatic rings. The van der Waals surface area contributed by atoms with Crippen molar-refractivity contribution in [3.63, 3.8) is 0 Å². The Morgan fingerprint density at radius 2 is 1.80 bits per heavy atom. The van der Waals surface area contributed by atoms with E-state index in [0.29, 0.717) is 25.3 Å². The molecule has 1 atom stereocenters. The number of hydrogen-bond donors (Lipinski definition) is 2. The van der Waals surface area contributed by atoms with Crippen LogP contribution in [0, 0.1) is 0 Å². The molecule has 0 heterocycles. The van der Waals surface area contributed by atoms with Crippen molar-refractivity contribution >= 4 is 23.8 Å². The van der Waals surface area contributed by atoms with Gasteiger partial charge in [0.2, 0.25) is 0 Å². The largest absolute Gasteiger partial charge is 1.00 e. The molecule has 0 bridgehead atoms. The first-order chi connectivity index (χ1) is 11.4. The Kier molecular flexibility index (Phi) is 14.0. The Balaban J connectivity index is 0.00000576. The summed E-state index contributed by atoms with van der Waals surface area (Å²) >= 11 is 1.52. The first-order valence-electron chi connectivity index (χ1n) is 7.86. The van der Waals surface area contributed by atoms with Crippen molar-refractivity contribution in [1.29, 1.82) is 0 Å². The van der Waals surface area contributed by atoms with Crippen LogP contribution in [0.1, 0.15) is 31.4 Å². The van der Waals surface area contributed by atoms with Gasteiger partial charge in [-0.15, -0.1) is 0 Å². The average molecular weight is 393 g/mol. The number of carboxylic acids is 1. The van der Waals surface area contributed by atoms with Crippen molar-refractivity contribution in [3.8, 4) is 0 Å². The summed E-state index contributed by atoms with van der Waals surface area (Å²) in [5.74, 6) is -0.632. The number of thioether (sulfide) groups is 1. The number of ether oxygens (including phenoxy) is 1. The molecule has 6 nitrogen and oxygen atoms in total. The van der Waals surface area contributed by atoms with Crippen molar-refractivity contribution in [2.75, 3.05) is 12.0 Å². The molecule has 0 saturated heterocycles. The van der Waals surface area contributed by atoms with Crippen LogP contribution in [-0.4, -0.2) is 36.2 Å². The molecule has 1 rings (SSSR count). The molecule has 0 radical (unpaired) electrons. The third kappa shape index (κ3) is 11.3. The van der Waals surface area contributed by atoms with Gasteiger partial charge in [-0.3, -0.25) is 0 Å². The van der Waals surface area contributed by atoms with Crippen molar-refractivity contribution in [3.05, 3.63) is 35.4 Å². The van der Waals surface area contributed by atoms with E-state index in [1.165, 1.54) is 11.8 Å². The number of carbonyl (C=O) groups is 2. The van der Waals surface area contributed by atoms with Crippen molar-refractivity contribution in [2.45, 2.75) is 45.6 Å². The van der Waals surface area contributed by atoms with Gasteiger partial charge in [-0.1, -0.05) is 24.3 Å². The van der Waals surface area contributed by atoms with Crippen LogP contribution in [0.3, 0.4) is 0 Å². The fraction of sp³-hybridized carbons (Fsp3) is 0.529. The predicted molar refractivity (Wildman–Crippen MR) is 93.5 cm³/mol. The number of amides is 2. The minimum Gasteiger partial charge on any atom is -0.548 e. The van der Waals surface area contributed by atoms with Crippen LogP contribution in [0.15, 0.2) is 24.3 Å². The van der Waals surface area contributed by atoms with Crippen molar-refractivity contribution in [1.82, 2.24) is 10.6 Å². The van der Waals surface area contributed by atoms with E-state index in [1.807, 2.05) is 44.4 Å². The Hall–Kier alpha value is -0.0936. The molecule has 0 unspecified atom stereocenters. The first-order valence-corrected chi connectivity index (χ1v) is 9.25. The first kappa shape index (κ1) is 24.9. The number of carbonyl (C=O) groups excluding carboxylic acids is 2. The average Bonchev–Trinajstić information content (AvgIpc) is 2.55. The third-order valence-electron chi connectivity index (χ3n) is 3.26. The number of carboxylic acid groups (broad SMARTS) is 1. The van der Waals surface area contributed by atoms with Gasteiger partial charge in [0.1, 0.15) is 0 Å². The van der Waals surface area contributed by atoms with Crippen LogP contribution >= 0.6 is 11.8 Å². The number of benzene rings is 1. The minimum atomic E-state index is -1.27. The van der Waals surface area contributed by atoms with Crippen molar-refractivity contribution < 1.29 is 70.8 Å². The zero-order valence-corrected chi connectivity index (χ0v) is 19.3. The van der Waals surface area contributed by atoms with E-state index < -0.39 is 18.0 Å². The summed E-state index contributed by atoms with van der Waals surface area (Å²) < 4.78 is 5.52. The fourth-order valence-corrected chi connectivity index (χ4v) is 2.36. The number of hydrogen-bond acceptors (Lipinski definition) is 5. The molecular weight excluding hydrogens is 367 g/mol. The number of nitrogens with one attached hydrogen (secondary N) is 2. The molecule has 0 saturated carbocycles. The molecule has 2 N–H and O–H groups in total. The second-order valence-corrected chi connectivity index (χ2v) is 6.64. The normalized spacial score (nSPS) is 11.5. The van der Waals surface area contributed by atoms with E-state index in [-0.39, 0.29) is 57.5 Å². The number of aliphatic carboxylic acids is 1. The molecule has 25 heavy (non-hydrogen) atoms. The molecule has 134 valence electrons. The summed E-state index contributed by atoms with van der Waals surface area (Å²) in [6.07, 6.45) is 2.39. The summed E-state index contributed by atoms with van der Waals surface area (Å²) in [5, 5.41) is 16.1. The fourth-order valence-electron chi connectivity index (χ4n) is 1.89. The zero-order valence-electron chi connectivity index (χ0n) is 15.3. The topological polar surface area (TPSA) is 90.5 Å². The van der Waals surface area contributed by atoms with E-state index in [9.17, 15) is 14.7 Å². The van der Waals surface area contributed by atoms with Gasteiger partial charge in [-0.25, -0.2) is 4.79 Å². The molecule has 0 aromatic heterocycles. The Morgan fingerprint density at radius 3 is 2.32 bits per heavy atom. The standard InChI is InChI=1S/C17H26N2O4S.K/c1-12(2)23-11-14-6-4-13(5-7-14)10-18-17(22)19-15(16(20)21)8-9-24-3;/h4-7,12,15H,8-11H2,1-3H3,(H,20,21)(H2,18,19,22);/q;+1/p-1/t15-;/m0./s1. The van der Waals surface area contributed by atoms with Crippen molar-refractivity contribution in [2.24, 2.45) is 0 Å². The van der Waals surface area contributed by atoms with E-state index in [4.69, 9.17) is 4.74 Å². The van der Waals surface area contributed by atoms with Crippen LogP contribution in [-0.2, 0) is 22.7 Å². The quantitative estimate of drug-likeness (QED) is 0.463. The second-order valence-electron chi connectivity index (χ2n) is 5.66. The molecule has 0 aliphatic rings. The van der Waals surface area contributed by atoms with Gasteiger partial charge in [0.05, 0.1) is 24.7 Å². The van der Waals surface area contributed by atoms with Crippen LogP contribution in [0.2, 0.25) is 0 Å². The second kappa shape index (κ2) is 14.0. The minimum absolute atomic E-state index is 0. The SMILES string of the molecule is CSCC[C@H](NC(=O)NCc1ccc(COC(C)C)cc1)C(=O)[O-].[K+]. The van der Waals surface area contributed by atoms with Crippen LogP contribution in [0.4, 0.5) is 4.79 Å². The van der Waals surface area contributed by atoms with Gasteiger partial charge in [0.25, 0.3) is 0 Å². The molecule has 0 aliphatic carbocycles. The van der Waals surface area contributed by atoms with E-state index in [0.717, 1.165) is 11.1 Å². The summed E-state index contributed by atoms with van der Waals surface area (Å²) in [5.41, 5.74) is 1.98. The number of rotatable bonds is 10. The zero-order chi connectivity index (χ0) is 17.9. The molecule has 8 heteroatoms. The van der Waals surface area contributed by atoms with E-state index >= 15 is 0 Å². The smallest absolute Gasteiger partial charge is 0.548 e. The molecule has 0 fully saturated rings. The maximum atomic E-state index is 11.8. The summed E-state index contributed by atoms with van der Waals surface area (Å²) in [6.45, 7) is 4.83. The van der Waals surface area contributed by atoms with Gasteiger partial charge >= 0.3 is 57.4 Å². The molecule has 0 spiro atoms. The third-order valence-corrected chi connectivity index (χ3v) is 3.90. The molecule has 2 amide bonds. The maximum absolute atomic E-state index is 11.8. The van der Waals surface area contributed by atoms with Gasteiger partial charge in [-0.2, -0.15) is 11.8 Å². The summed E-state index contributed by atoms with van der Waals surface area (Å²) in [4.78, 5) is 22.8. The Labute approximate surface area is 196 Å². The predicted octanol–water partition coefficient (Wildman–Crippen LogP) is -1.71. The van der Waals surface area contributed by atoms with E-state index in [2.05, 4.69) is 10.6 Å². The monoisotopic (exact) mass is 392 g/mol. The van der Waals surface area contributed by atoms with Crippen LogP contribution in [0.5, 0.6) is 0 Å².